The van der Waals surface area contributed by atoms with Crippen molar-refractivity contribution in [2.45, 2.75) is 59.2 Å². The topological polar surface area (TPSA) is 24.1 Å². The summed E-state index contributed by atoms with van der Waals surface area (Å²) in [5.41, 5.74) is 2.57. The third-order valence-corrected chi connectivity index (χ3v) is 2.78. The predicted octanol–water partition coefficient (Wildman–Crippen LogP) is 3.79. The van der Waals surface area contributed by atoms with Gasteiger partial charge in [0.1, 0.15) is 0 Å². The third kappa shape index (κ3) is 5.73. The molecule has 96 valence electrons. The van der Waals surface area contributed by atoms with Gasteiger partial charge in [-0.2, -0.15) is 0 Å². The van der Waals surface area contributed by atoms with Crippen LogP contribution in [-0.2, 0) is 6.54 Å². The van der Waals surface area contributed by atoms with Crippen molar-refractivity contribution < 1.29 is 0 Å². The minimum absolute atomic E-state index is 0.533. The summed E-state index contributed by atoms with van der Waals surface area (Å²) in [5, 5.41) is 6.98. The lowest BCUT2D eigenvalue weighted by molar-refractivity contribution is 0.589. The molecular weight excluding hydrogens is 208 g/mol. The van der Waals surface area contributed by atoms with Crippen molar-refractivity contribution in [3.8, 4) is 0 Å². The molecule has 1 atom stereocenters. The summed E-state index contributed by atoms with van der Waals surface area (Å²) in [6.07, 6.45) is 2.44. The van der Waals surface area contributed by atoms with Crippen LogP contribution in [0.1, 0.15) is 46.1 Å². The molecule has 1 unspecified atom stereocenters. The van der Waals surface area contributed by atoms with E-state index in [9.17, 15) is 0 Å². The van der Waals surface area contributed by atoms with E-state index in [1.165, 1.54) is 24.1 Å². The van der Waals surface area contributed by atoms with Crippen molar-refractivity contribution in [2.24, 2.45) is 0 Å². The Kier molecular flexibility index (Phi) is 6.06. The normalized spacial score (nSPS) is 12.8. The highest BCUT2D eigenvalue weighted by molar-refractivity contribution is 5.46. The standard InChI is InChI=1S/C15H26N2/c1-5-7-13(4)17-15-9-6-8-14(10-15)11-16-12(2)3/h6,8-10,12-13,16-17H,5,7,11H2,1-4H3. The van der Waals surface area contributed by atoms with Gasteiger partial charge >= 0.3 is 0 Å². The highest BCUT2D eigenvalue weighted by Crippen LogP contribution is 2.13. The maximum Gasteiger partial charge on any atom is 0.0345 e. The fraction of sp³-hybridized carbons (Fsp3) is 0.600. The van der Waals surface area contributed by atoms with E-state index in [4.69, 9.17) is 0 Å². The average molecular weight is 234 g/mol. The quantitative estimate of drug-likeness (QED) is 0.750. The van der Waals surface area contributed by atoms with Crippen molar-refractivity contribution >= 4 is 5.69 Å². The second kappa shape index (κ2) is 7.33. The number of anilines is 1. The number of rotatable bonds is 7. The van der Waals surface area contributed by atoms with Crippen LogP contribution >= 0.6 is 0 Å². The summed E-state index contributed by atoms with van der Waals surface area (Å²) in [4.78, 5) is 0. The molecule has 0 spiro atoms. The highest BCUT2D eigenvalue weighted by atomic mass is 14.9. The molecule has 0 aliphatic rings. The van der Waals surface area contributed by atoms with Gasteiger partial charge in [-0.25, -0.2) is 0 Å². The molecule has 17 heavy (non-hydrogen) atoms. The first-order chi connectivity index (χ1) is 8.11. The second-order valence-electron chi connectivity index (χ2n) is 5.07. The lowest BCUT2D eigenvalue weighted by atomic mass is 10.1. The Morgan fingerprint density at radius 1 is 1.18 bits per heavy atom. The first-order valence-electron chi connectivity index (χ1n) is 6.70. The smallest absolute Gasteiger partial charge is 0.0345 e. The van der Waals surface area contributed by atoms with Crippen LogP contribution in [-0.4, -0.2) is 12.1 Å². The maximum atomic E-state index is 3.54. The molecule has 0 saturated heterocycles. The molecule has 0 aromatic heterocycles. The Labute approximate surface area is 106 Å². The molecule has 1 aromatic carbocycles. The molecule has 2 nitrogen and oxygen atoms in total. The lowest BCUT2D eigenvalue weighted by Gasteiger charge is -2.15. The zero-order valence-corrected chi connectivity index (χ0v) is 11.6. The summed E-state index contributed by atoms with van der Waals surface area (Å²) >= 11 is 0. The van der Waals surface area contributed by atoms with Gasteiger partial charge in [-0.3, -0.25) is 0 Å². The van der Waals surface area contributed by atoms with Gasteiger partial charge in [0.2, 0.25) is 0 Å². The van der Waals surface area contributed by atoms with Gasteiger partial charge in [-0.15, -0.1) is 0 Å². The van der Waals surface area contributed by atoms with E-state index >= 15 is 0 Å². The van der Waals surface area contributed by atoms with Gasteiger partial charge in [0, 0.05) is 24.3 Å². The molecular formula is C15H26N2. The zero-order valence-electron chi connectivity index (χ0n) is 11.6. The van der Waals surface area contributed by atoms with E-state index in [0.717, 1.165) is 6.54 Å². The average Bonchev–Trinajstić information content (AvgIpc) is 2.27. The third-order valence-electron chi connectivity index (χ3n) is 2.78. The minimum Gasteiger partial charge on any atom is -0.383 e. The van der Waals surface area contributed by atoms with Crippen LogP contribution in [0.25, 0.3) is 0 Å². The molecule has 0 saturated carbocycles. The molecule has 0 amide bonds. The van der Waals surface area contributed by atoms with Crippen LogP contribution in [0, 0.1) is 0 Å². The molecule has 1 aromatic rings. The van der Waals surface area contributed by atoms with Gasteiger partial charge in [0.05, 0.1) is 0 Å². The number of hydrogen-bond donors (Lipinski definition) is 2. The molecule has 0 aliphatic carbocycles. The van der Waals surface area contributed by atoms with Crippen LogP contribution in [0.5, 0.6) is 0 Å². The Morgan fingerprint density at radius 3 is 2.59 bits per heavy atom. The van der Waals surface area contributed by atoms with E-state index in [1.807, 2.05) is 0 Å². The Hall–Kier alpha value is -1.02. The molecule has 2 N–H and O–H groups in total. The van der Waals surface area contributed by atoms with Crippen LogP contribution in [0.2, 0.25) is 0 Å². The Balaban J connectivity index is 2.53. The summed E-state index contributed by atoms with van der Waals surface area (Å²) in [7, 11) is 0. The lowest BCUT2D eigenvalue weighted by Crippen LogP contribution is -2.22. The molecule has 0 heterocycles. The summed E-state index contributed by atoms with van der Waals surface area (Å²) in [6.45, 7) is 9.75. The maximum absolute atomic E-state index is 3.54. The first-order valence-corrected chi connectivity index (χ1v) is 6.70. The zero-order chi connectivity index (χ0) is 12.7. The molecule has 0 radical (unpaired) electrons. The molecule has 2 heteroatoms. The van der Waals surface area contributed by atoms with E-state index in [-0.39, 0.29) is 0 Å². The highest BCUT2D eigenvalue weighted by Gasteiger charge is 2.01. The first kappa shape index (κ1) is 14.0. The van der Waals surface area contributed by atoms with Gasteiger partial charge in [-0.1, -0.05) is 39.3 Å². The molecule has 0 fully saturated rings. The number of hydrogen-bond acceptors (Lipinski definition) is 2. The number of nitrogens with one attached hydrogen (secondary N) is 2. The van der Waals surface area contributed by atoms with Gasteiger partial charge in [0.15, 0.2) is 0 Å². The van der Waals surface area contributed by atoms with E-state index in [0.29, 0.717) is 12.1 Å². The summed E-state index contributed by atoms with van der Waals surface area (Å²) < 4.78 is 0. The monoisotopic (exact) mass is 234 g/mol. The van der Waals surface area contributed by atoms with Crippen LogP contribution < -0.4 is 10.6 Å². The van der Waals surface area contributed by atoms with Crippen LogP contribution in [0.3, 0.4) is 0 Å². The van der Waals surface area contributed by atoms with Crippen molar-refractivity contribution in [3.05, 3.63) is 29.8 Å². The van der Waals surface area contributed by atoms with Crippen molar-refractivity contribution in [1.29, 1.82) is 0 Å². The van der Waals surface area contributed by atoms with Gasteiger partial charge < -0.3 is 10.6 Å². The molecule has 0 bridgehead atoms. The van der Waals surface area contributed by atoms with E-state index in [2.05, 4.69) is 62.6 Å². The Bertz CT molecular complexity index is 320. The fourth-order valence-corrected chi connectivity index (χ4v) is 1.88. The molecule has 0 aliphatic heterocycles. The largest absolute Gasteiger partial charge is 0.383 e. The second-order valence-corrected chi connectivity index (χ2v) is 5.07. The molecule has 1 rings (SSSR count). The van der Waals surface area contributed by atoms with E-state index in [1.54, 1.807) is 0 Å². The van der Waals surface area contributed by atoms with Crippen LogP contribution in [0.4, 0.5) is 5.69 Å². The number of benzene rings is 1. The van der Waals surface area contributed by atoms with Crippen molar-refractivity contribution in [2.75, 3.05) is 5.32 Å². The fourth-order valence-electron chi connectivity index (χ4n) is 1.88. The predicted molar refractivity (Wildman–Crippen MR) is 76.4 cm³/mol. The van der Waals surface area contributed by atoms with E-state index < -0.39 is 0 Å². The SMILES string of the molecule is CCCC(C)Nc1cccc(CNC(C)C)c1. The summed E-state index contributed by atoms with van der Waals surface area (Å²) in [6, 6.07) is 9.76. The van der Waals surface area contributed by atoms with Crippen LogP contribution in [0.15, 0.2) is 24.3 Å². The Morgan fingerprint density at radius 2 is 1.94 bits per heavy atom. The van der Waals surface area contributed by atoms with Crippen molar-refractivity contribution in [3.63, 3.8) is 0 Å². The minimum atomic E-state index is 0.533. The van der Waals surface area contributed by atoms with Crippen molar-refractivity contribution in [1.82, 2.24) is 5.32 Å². The summed E-state index contributed by atoms with van der Waals surface area (Å²) in [5.74, 6) is 0. The van der Waals surface area contributed by atoms with Gasteiger partial charge in [-0.05, 0) is 31.0 Å². The van der Waals surface area contributed by atoms with Gasteiger partial charge in [0.25, 0.3) is 0 Å².